The van der Waals surface area contributed by atoms with Crippen molar-refractivity contribution in [3.8, 4) is 0 Å². The maximum absolute atomic E-state index is 12.8. The van der Waals surface area contributed by atoms with E-state index in [0.29, 0.717) is 6.04 Å². The zero-order chi connectivity index (χ0) is 16.4. The summed E-state index contributed by atoms with van der Waals surface area (Å²) in [6.45, 7) is 5.17. The van der Waals surface area contributed by atoms with Crippen LogP contribution in [0.3, 0.4) is 0 Å². The summed E-state index contributed by atoms with van der Waals surface area (Å²) in [5.41, 5.74) is 3.20. The zero-order valence-electron chi connectivity index (χ0n) is 14.8. The summed E-state index contributed by atoms with van der Waals surface area (Å²) < 4.78 is 1.95. The van der Waals surface area contributed by atoms with Gasteiger partial charge in [0.1, 0.15) is 0 Å². The van der Waals surface area contributed by atoms with Gasteiger partial charge >= 0.3 is 0 Å². The minimum absolute atomic E-state index is 0.149. The van der Waals surface area contributed by atoms with Gasteiger partial charge in [0.15, 0.2) is 5.69 Å². The first kappa shape index (κ1) is 16.5. The van der Waals surface area contributed by atoms with Crippen LogP contribution in [0.5, 0.6) is 0 Å². The van der Waals surface area contributed by atoms with Crippen LogP contribution >= 0.6 is 0 Å². The molecule has 3 rings (SSSR count). The van der Waals surface area contributed by atoms with E-state index >= 15 is 0 Å². The number of unbranched alkanes of at least 4 members (excludes halogenated alkanes) is 1. The Bertz CT molecular complexity index is 560. The molecular formula is C18H30N4O. The number of likely N-dealkylation sites (tertiary alicyclic amines) is 1. The van der Waals surface area contributed by atoms with E-state index in [0.717, 1.165) is 51.0 Å². The van der Waals surface area contributed by atoms with Crippen LogP contribution in [0, 0.1) is 0 Å². The highest BCUT2D eigenvalue weighted by molar-refractivity contribution is 5.94. The summed E-state index contributed by atoms with van der Waals surface area (Å²) in [7, 11) is 4.21. The minimum Gasteiger partial charge on any atom is -0.337 e. The molecular weight excluding hydrogens is 288 g/mol. The summed E-state index contributed by atoms with van der Waals surface area (Å²) in [6, 6.07) is 0.545. The number of likely N-dealkylation sites (N-methyl/N-ethyl adjacent to an activating group) is 1. The van der Waals surface area contributed by atoms with Gasteiger partial charge in [-0.1, -0.05) is 13.3 Å². The average molecular weight is 318 g/mol. The number of fused-ring (bicyclic) bond motifs is 1. The number of carbonyl (C=O) groups excluding carboxylic acids is 1. The molecule has 0 unspecified atom stereocenters. The Morgan fingerprint density at radius 3 is 2.78 bits per heavy atom. The van der Waals surface area contributed by atoms with Gasteiger partial charge in [-0.3, -0.25) is 9.48 Å². The summed E-state index contributed by atoms with van der Waals surface area (Å²) in [5, 5.41) is 4.60. The number of hydrogen-bond acceptors (Lipinski definition) is 3. The van der Waals surface area contributed by atoms with Crippen LogP contribution in [0.4, 0.5) is 0 Å². The summed E-state index contributed by atoms with van der Waals surface area (Å²) in [4.78, 5) is 17.3. The first-order valence-corrected chi connectivity index (χ1v) is 9.16. The smallest absolute Gasteiger partial charge is 0.274 e. The highest BCUT2D eigenvalue weighted by Crippen LogP contribution is 2.28. The SMILES string of the molecule is CCCCN(C)[C@H]1CCc2c(c(C(=O)N3CCCC3)nn2C)C1. The maximum Gasteiger partial charge on any atom is 0.274 e. The van der Waals surface area contributed by atoms with Crippen LogP contribution in [-0.2, 0) is 19.9 Å². The van der Waals surface area contributed by atoms with Gasteiger partial charge in [-0.05, 0) is 52.1 Å². The molecule has 1 aliphatic heterocycles. The van der Waals surface area contributed by atoms with Crippen LogP contribution in [0.15, 0.2) is 0 Å². The van der Waals surface area contributed by atoms with Crippen LogP contribution in [-0.4, -0.2) is 58.2 Å². The van der Waals surface area contributed by atoms with Gasteiger partial charge in [-0.15, -0.1) is 0 Å². The van der Waals surface area contributed by atoms with E-state index in [1.54, 1.807) is 0 Å². The molecule has 23 heavy (non-hydrogen) atoms. The Kier molecular flexibility index (Phi) is 5.05. The molecule has 0 aromatic carbocycles. The van der Waals surface area contributed by atoms with Crippen LogP contribution < -0.4 is 0 Å². The van der Waals surface area contributed by atoms with Crippen LogP contribution in [0.1, 0.15) is 60.8 Å². The maximum atomic E-state index is 12.8. The molecule has 128 valence electrons. The third-order valence-electron chi connectivity index (χ3n) is 5.51. The molecule has 0 N–H and O–H groups in total. The monoisotopic (exact) mass is 318 g/mol. The standard InChI is InChI=1S/C18H30N4O/c1-4-5-10-20(2)14-8-9-16-15(13-14)17(19-21(16)3)18(23)22-11-6-7-12-22/h14H,4-13H2,1-3H3/t14-/m0/s1. The van der Waals surface area contributed by atoms with Gasteiger partial charge in [0.05, 0.1) is 0 Å². The lowest BCUT2D eigenvalue weighted by atomic mass is 9.90. The molecule has 1 saturated heterocycles. The van der Waals surface area contributed by atoms with Crippen LogP contribution in [0.25, 0.3) is 0 Å². The second-order valence-electron chi connectivity index (χ2n) is 7.13. The quantitative estimate of drug-likeness (QED) is 0.836. The van der Waals surface area contributed by atoms with Gasteiger partial charge in [0, 0.05) is 37.4 Å². The lowest BCUT2D eigenvalue weighted by Crippen LogP contribution is -2.38. The van der Waals surface area contributed by atoms with E-state index in [1.165, 1.54) is 30.5 Å². The molecule has 1 aliphatic carbocycles. The number of aryl methyl sites for hydroxylation is 1. The van der Waals surface area contributed by atoms with Crippen molar-refractivity contribution in [3.63, 3.8) is 0 Å². The van der Waals surface area contributed by atoms with Crippen molar-refractivity contribution in [2.75, 3.05) is 26.7 Å². The highest BCUT2D eigenvalue weighted by Gasteiger charge is 2.32. The normalized spacial score (nSPS) is 21.0. The molecule has 2 heterocycles. The van der Waals surface area contributed by atoms with Crippen molar-refractivity contribution < 1.29 is 4.79 Å². The molecule has 1 atom stereocenters. The number of aromatic nitrogens is 2. The van der Waals surface area contributed by atoms with Crippen molar-refractivity contribution in [1.82, 2.24) is 19.6 Å². The highest BCUT2D eigenvalue weighted by atomic mass is 16.2. The molecule has 0 spiro atoms. The van der Waals surface area contributed by atoms with E-state index in [-0.39, 0.29) is 5.91 Å². The fraction of sp³-hybridized carbons (Fsp3) is 0.778. The Labute approximate surface area is 139 Å². The molecule has 1 aromatic rings. The number of carbonyl (C=O) groups is 1. The lowest BCUT2D eigenvalue weighted by molar-refractivity contribution is 0.0784. The molecule has 0 radical (unpaired) electrons. The average Bonchev–Trinajstić information content (AvgIpc) is 3.20. The first-order chi connectivity index (χ1) is 11.1. The largest absolute Gasteiger partial charge is 0.337 e. The van der Waals surface area contributed by atoms with Gasteiger partial charge < -0.3 is 9.80 Å². The third-order valence-corrected chi connectivity index (χ3v) is 5.51. The molecule has 1 aromatic heterocycles. The third kappa shape index (κ3) is 3.30. The Balaban J connectivity index is 1.78. The van der Waals surface area contributed by atoms with Gasteiger partial charge in [-0.25, -0.2) is 0 Å². The van der Waals surface area contributed by atoms with E-state index in [1.807, 2.05) is 16.6 Å². The van der Waals surface area contributed by atoms with Crippen molar-refractivity contribution in [2.45, 2.75) is 57.9 Å². The fourth-order valence-corrected chi connectivity index (χ4v) is 3.98. The number of nitrogens with zero attached hydrogens (tertiary/aromatic N) is 4. The molecule has 5 heteroatoms. The van der Waals surface area contributed by atoms with Gasteiger partial charge in [-0.2, -0.15) is 5.10 Å². The summed E-state index contributed by atoms with van der Waals surface area (Å²) in [5.74, 6) is 0.149. The van der Waals surface area contributed by atoms with Crippen molar-refractivity contribution >= 4 is 5.91 Å². The number of amides is 1. The molecule has 1 amide bonds. The second-order valence-corrected chi connectivity index (χ2v) is 7.13. The second kappa shape index (κ2) is 7.04. The predicted octanol–water partition coefficient (Wildman–Crippen LogP) is 2.25. The Morgan fingerprint density at radius 2 is 2.09 bits per heavy atom. The van der Waals surface area contributed by atoms with Crippen LogP contribution in [0.2, 0.25) is 0 Å². The van der Waals surface area contributed by atoms with E-state index in [9.17, 15) is 4.79 Å². The molecule has 2 aliphatic rings. The van der Waals surface area contributed by atoms with E-state index in [4.69, 9.17) is 0 Å². The lowest BCUT2D eigenvalue weighted by Gasteiger charge is -2.31. The number of rotatable bonds is 5. The summed E-state index contributed by atoms with van der Waals surface area (Å²) >= 11 is 0. The van der Waals surface area contributed by atoms with Crippen molar-refractivity contribution in [3.05, 3.63) is 17.0 Å². The molecule has 5 nitrogen and oxygen atoms in total. The molecule has 1 fully saturated rings. The van der Waals surface area contributed by atoms with E-state index < -0.39 is 0 Å². The fourth-order valence-electron chi connectivity index (χ4n) is 3.98. The zero-order valence-corrected chi connectivity index (χ0v) is 14.8. The topological polar surface area (TPSA) is 41.4 Å². The van der Waals surface area contributed by atoms with Crippen molar-refractivity contribution in [1.29, 1.82) is 0 Å². The first-order valence-electron chi connectivity index (χ1n) is 9.16. The number of hydrogen-bond donors (Lipinski definition) is 0. The predicted molar refractivity (Wildman–Crippen MR) is 91.7 cm³/mol. The summed E-state index contributed by atoms with van der Waals surface area (Å²) in [6.07, 6.45) is 7.91. The Morgan fingerprint density at radius 1 is 1.35 bits per heavy atom. The Hall–Kier alpha value is -1.36. The minimum atomic E-state index is 0.149. The van der Waals surface area contributed by atoms with Gasteiger partial charge in [0.25, 0.3) is 5.91 Å². The van der Waals surface area contributed by atoms with Crippen molar-refractivity contribution in [2.24, 2.45) is 7.05 Å². The van der Waals surface area contributed by atoms with Gasteiger partial charge in [0.2, 0.25) is 0 Å². The molecule has 0 bridgehead atoms. The molecule has 0 saturated carbocycles. The van der Waals surface area contributed by atoms with E-state index in [2.05, 4.69) is 24.0 Å².